The minimum Gasteiger partial charge on any atom is -0.472 e. The normalized spacial score (nSPS) is 42.6. The molecule has 132 valence electrons. The molecule has 2 aliphatic heterocycles. The molecule has 0 radical (unpaired) electrons. The molecule has 1 spiro atoms. The fraction of sp³-hybridized carbons (Fsp3) is 0.579. The van der Waals surface area contributed by atoms with Gasteiger partial charge in [-0.25, -0.2) is 4.79 Å². The highest BCUT2D eigenvalue weighted by Crippen LogP contribution is 2.62. The fourth-order valence-electron chi connectivity index (χ4n) is 5.48. The van der Waals surface area contributed by atoms with Gasteiger partial charge in [-0.1, -0.05) is 6.92 Å². The van der Waals surface area contributed by atoms with E-state index < -0.39 is 17.6 Å². The third kappa shape index (κ3) is 1.78. The predicted octanol–water partition coefficient (Wildman–Crippen LogP) is 2.29. The van der Waals surface area contributed by atoms with Crippen LogP contribution in [0.4, 0.5) is 0 Å². The molecule has 0 unspecified atom stereocenters. The first-order valence-corrected chi connectivity index (χ1v) is 8.89. The number of rotatable bonds is 1. The first-order chi connectivity index (χ1) is 12.0. The van der Waals surface area contributed by atoms with E-state index in [4.69, 9.17) is 13.9 Å². The van der Waals surface area contributed by atoms with Gasteiger partial charge in [0.15, 0.2) is 6.10 Å². The van der Waals surface area contributed by atoms with E-state index in [-0.39, 0.29) is 29.9 Å². The van der Waals surface area contributed by atoms with Crippen molar-refractivity contribution in [3.8, 4) is 0 Å². The Labute approximate surface area is 144 Å². The zero-order valence-electron chi connectivity index (χ0n) is 13.9. The molecular formula is C19H20O6. The van der Waals surface area contributed by atoms with Gasteiger partial charge in [-0.05, 0) is 30.9 Å². The first-order valence-electron chi connectivity index (χ1n) is 8.89. The van der Waals surface area contributed by atoms with Crippen LogP contribution in [-0.2, 0) is 19.1 Å². The molecule has 2 aliphatic carbocycles. The Hall–Kier alpha value is -2.08. The van der Waals surface area contributed by atoms with Crippen LogP contribution in [0.1, 0.15) is 44.3 Å². The molecule has 6 atom stereocenters. The molecule has 0 amide bonds. The Morgan fingerprint density at radius 1 is 1.28 bits per heavy atom. The van der Waals surface area contributed by atoms with Crippen molar-refractivity contribution in [3.05, 3.63) is 35.3 Å². The summed E-state index contributed by atoms with van der Waals surface area (Å²) in [5, 5.41) is 10.8. The van der Waals surface area contributed by atoms with Gasteiger partial charge >= 0.3 is 11.9 Å². The molecule has 1 aromatic heterocycles. The molecule has 3 heterocycles. The number of aliphatic hydroxyl groups is 1. The Bertz CT molecular complexity index is 778. The van der Waals surface area contributed by atoms with Gasteiger partial charge in [0.25, 0.3) is 0 Å². The Kier molecular flexibility index (Phi) is 3.02. The van der Waals surface area contributed by atoms with Crippen LogP contribution in [0.15, 0.2) is 34.2 Å². The van der Waals surface area contributed by atoms with Crippen LogP contribution in [-0.4, -0.2) is 29.3 Å². The van der Waals surface area contributed by atoms with Crippen molar-refractivity contribution >= 4 is 11.9 Å². The topological polar surface area (TPSA) is 86.0 Å². The minimum absolute atomic E-state index is 0.101. The largest absolute Gasteiger partial charge is 0.472 e. The summed E-state index contributed by atoms with van der Waals surface area (Å²) in [5.74, 6) is -1.05. The summed E-state index contributed by atoms with van der Waals surface area (Å²) in [6.45, 7) is 1.88. The molecule has 1 saturated heterocycles. The molecule has 5 rings (SSSR count). The van der Waals surface area contributed by atoms with E-state index in [1.54, 1.807) is 18.6 Å². The molecular weight excluding hydrogens is 324 g/mol. The number of ether oxygens (including phenoxy) is 2. The summed E-state index contributed by atoms with van der Waals surface area (Å²) in [7, 11) is 0. The minimum atomic E-state index is -0.888. The van der Waals surface area contributed by atoms with Crippen LogP contribution in [0.2, 0.25) is 0 Å². The Morgan fingerprint density at radius 3 is 2.88 bits per heavy atom. The Balaban J connectivity index is 1.63. The standard InChI is InChI=1S/C19H20O6/c1-9-15(20)16-14-11(17(21)25-16)3-2-4-12(14)19(9)7-13(24-18(19)22)10-5-6-23-8-10/h5-6,8-9,12-13,15-16,20H,2-4,7H2,1H3/t9-,12+,13-,15-,16-,19+/m1/s1. The van der Waals surface area contributed by atoms with Crippen molar-refractivity contribution in [2.45, 2.75) is 50.9 Å². The molecule has 0 aromatic carbocycles. The zero-order chi connectivity index (χ0) is 17.3. The van der Waals surface area contributed by atoms with Gasteiger partial charge < -0.3 is 19.0 Å². The molecule has 1 aromatic rings. The summed E-state index contributed by atoms with van der Waals surface area (Å²) in [4.78, 5) is 25.3. The average Bonchev–Trinajstić information content (AvgIpc) is 3.31. The van der Waals surface area contributed by atoms with Crippen LogP contribution in [0, 0.1) is 17.3 Å². The third-order valence-corrected chi connectivity index (χ3v) is 6.75. The number of carbonyl (C=O) groups excluding carboxylic acids is 2. The van der Waals surface area contributed by atoms with Gasteiger partial charge in [-0.2, -0.15) is 0 Å². The lowest BCUT2D eigenvalue weighted by Gasteiger charge is -2.49. The highest BCUT2D eigenvalue weighted by Gasteiger charge is 2.67. The maximum absolute atomic E-state index is 13.1. The van der Waals surface area contributed by atoms with Crippen molar-refractivity contribution in [3.63, 3.8) is 0 Å². The molecule has 0 bridgehead atoms. The molecule has 6 nitrogen and oxygen atoms in total. The Morgan fingerprint density at radius 2 is 2.12 bits per heavy atom. The van der Waals surface area contributed by atoms with E-state index in [2.05, 4.69) is 0 Å². The number of hydrogen-bond donors (Lipinski definition) is 1. The second-order valence-corrected chi connectivity index (χ2v) is 7.68. The van der Waals surface area contributed by atoms with Gasteiger partial charge in [-0.15, -0.1) is 0 Å². The number of cyclic esters (lactones) is 1. The van der Waals surface area contributed by atoms with Crippen LogP contribution < -0.4 is 0 Å². The summed E-state index contributed by atoms with van der Waals surface area (Å²) >= 11 is 0. The number of fused-ring (bicyclic) bond motifs is 1. The maximum atomic E-state index is 13.1. The second kappa shape index (κ2) is 4.97. The lowest BCUT2D eigenvalue weighted by molar-refractivity contribution is -0.166. The SMILES string of the molecule is C[C@@H]1[C@@H](O)[C@@H]2OC(=O)C3=C2[C@H](CCC3)[C@]12C[C@H](c1ccoc1)OC2=O. The van der Waals surface area contributed by atoms with Crippen LogP contribution in [0.3, 0.4) is 0 Å². The smallest absolute Gasteiger partial charge is 0.334 e. The van der Waals surface area contributed by atoms with E-state index in [0.29, 0.717) is 18.4 Å². The second-order valence-electron chi connectivity index (χ2n) is 7.68. The lowest BCUT2D eigenvalue weighted by atomic mass is 9.53. The van der Waals surface area contributed by atoms with Crippen molar-refractivity contribution < 1.29 is 28.6 Å². The van der Waals surface area contributed by atoms with E-state index in [9.17, 15) is 14.7 Å². The van der Waals surface area contributed by atoms with Crippen LogP contribution in [0.25, 0.3) is 0 Å². The lowest BCUT2D eigenvalue weighted by Crippen LogP contribution is -2.56. The molecule has 6 heteroatoms. The van der Waals surface area contributed by atoms with Gasteiger partial charge in [0.1, 0.15) is 6.10 Å². The molecule has 1 N–H and O–H groups in total. The van der Waals surface area contributed by atoms with Gasteiger partial charge in [0, 0.05) is 29.4 Å². The van der Waals surface area contributed by atoms with Gasteiger partial charge in [0.05, 0.1) is 24.0 Å². The first kappa shape index (κ1) is 15.2. The summed E-state index contributed by atoms with van der Waals surface area (Å²) in [5.41, 5.74) is 1.54. The number of furan rings is 1. The van der Waals surface area contributed by atoms with Crippen LogP contribution in [0.5, 0.6) is 0 Å². The fourth-order valence-corrected chi connectivity index (χ4v) is 5.48. The predicted molar refractivity (Wildman–Crippen MR) is 84.0 cm³/mol. The zero-order valence-corrected chi connectivity index (χ0v) is 13.9. The van der Waals surface area contributed by atoms with E-state index in [1.807, 2.05) is 6.92 Å². The van der Waals surface area contributed by atoms with Crippen LogP contribution >= 0.6 is 0 Å². The molecule has 1 saturated carbocycles. The summed E-state index contributed by atoms with van der Waals surface area (Å²) < 4.78 is 16.3. The van der Waals surface area contributed by atoms with Crippen molar-refractivity contribution in [1.29, 1.82) is 0 Å². The third-order valence-electron chi connectivity index (χ3n) is 6.75. The van der Waals surface area contributed by atoms with E-state index >= 15 is 0 Å². The van der Waals surface area contributed by atoms with Gasteiger partial charge in [-0.3, -0.25) is 4.79 Å². The van der Waals surface area contributed by atoms with Crippen molar-refractivity contribution in [2.24, 2.45) is 17.3 Å². The molecule has 4 aliphatic rings. The van der Waals surface area contributed by atoms with Gasteiger partial charge in [0.2, 0.25) is 0 Å². The number of hydrogen-bond acceptors (Lipinski definition) is 6. The highest BCUT2D eigenvalue weighted by molar-refractivity contribution is 5.94. The monoisotopic (exact) mass is 344 g/mol. The summed E-state index contributed by atoms with van der Waals surface area (Å²) in [6, 6.07) is 1.80. The molecule has 2 fully saturated rings. The molecule has 25 heavy (non-hydrogen) atoms. The average molecular weight is 344 g/mol. The number of carbonyl (C=O) groups is 2. The van der Waals surface area contributed by atoms with E-state index in [0.717, 1.165) is 24.0 Å². The van der Waals surface area contributed by atoms with E-state index in [1.165, 1.54) is 0 Å². The van der Waals surface area contributed by atoms with Crippen molar-refractivity contribution in [2.75, 3.05) is 0 Å². The quantitative estimate of drug-likeness (QED) is 0.787. The van der Waals surface area contributed by atoms with Crippen molar-refractivity contribution in [1.82, 2.24) is 0 Å². The maximum Gasteiger partial charge on any atom is 0.334 e. The highest BCUT2D eigenvalue weighted by atomic mass is 16.6. The summed E-state index contributed by atoms with van der Waals surface area (Å²) in [6.07, 6.45) is 4.11. The number of aliphatic hydroxyl groups excluding tert-OH is 1. The number of esters is 2.